The van der Waals surface area contributed by atoms with Gasteiger partial charge in [0.15, 0.2) is 11.5 Å². The number of imidazole rings is 1. The van der Waals surface area contributed by atoms with E-state index in [0.717, 1.165) is 16.3 Å². The number of rotatable bonds is 6. The first-order valence-corrected chi connectivity index (χ1v) is 12.2. The molecule has 11 heteroatoms. The molecule has 0 aliphatic carbocycles. The molecule has 0 radical (unpaired) electrons. The van der Waals surface area contributed by atoms with E-state index in [1.165, 1.54) is 11.2 Å². The van der Waals surface area contributed by atoms with E-state index in [1.54, 1.807) is 22.2 Å². The third-order valence-electron chi connectivity index (χ3n) is 5.87. The molecular weight excluding hydrogens is 462 g/mol. The van der Waals surface area contributed by atoms with Gasteiger partial charge in [-0.3, -0.25) is 9.20 Å². The van der Waals surface area contributed by atoms with Crippen molar-refractivity contribution < 1.29 is 4.79 Å². The topological polar surface area (TPSA) is 119 Å². The summed E-state index contributed by atoms with van der Waals surface area (Å²) in [5, 5.41) is 19.5. The van der Waals surface area contributed by atoms with Gasteiger partial charge >= 0.3 is 0 Å². The number of aromatic nitrogens is 8. The predicted molar refractivity (Wildman–Crippen MR) is 134 cm³/mol. The maximum absolute atomic E-state index is 13.5. The Labute approximate surface area is 206 Å². The van der Waals surface area contributed by atoms with E-state index in [0.29, 0.717) is 29.1 Å². The van der Waals surface area contributed by atoms with Crippen LogP contribution in [0.15, 0.2) is 43.1 Å². The van der Waals surface area contributed by atoms with Gasteiger partial charge < -0.3 is 10.3 Å². The van der Waals surface area contributed by atoms with E-state index >= 15 is 0 Å². The number of H-pyrrole nitrogens is 1. The van der Waals surface area contributed by atoms with E-state index in [4.69, 9.17) is 4.98 Å². The normalized spacial score (nSPS) is 12.8. The molecule has 0 aliphatic heterocycles. The summed E-state index contributed by atoms with van der Waals surface area (Å²) >= 11 is 1.68. The molecule has 0 unspecified atom stereocenters. The number of nitrogens with zero attached hydrogens (tertiary/aromatic N) is 7. The number of pyridine rings is 1. The van der Waals surface area contributed by atoms with Gasteiger partial charge in [0.05, 0.1) is 40.3 Å². The number of hydrogen-bond donors (Lipinski definition) is 2. The molecule has 1 atom stereocenters. The summed E-state index contributed by atoms with van der Waals surface area (Å²) in [6.07, 6.45) is 7.59. The van der Waals surface area contributed by atoms with Gasteiger partial charge in [-0.25, -0.2) is 9.67 Å². The number of thiophene rings is 1. The van der Waals surface area contributed by atoms with Crippen LogP contribution >= 0.6 is 11.3 Å². The van der Waals surface area contributed by atoms with E-state index in [-0.39, 0.29) is 17.4 Å². The van der Waals surface area contributed by atoms with Crippen molar-refractivity contribution in [3.63, 3.8) is 0 Å². The van der Waals surface area contributed by atoms with Gasteiger partial charge in [0, 0.05) is 16.5 Å². The summed E-state index contributed by atoms with van der Waals surface area (Å²) in [4.78, 5) is 23.5. The quantitative estimate of drug-likeness (QED) is 0.368. The van der Waals surface area contributed by atoms with E-state index in [1.807, 2.05) is 29.8 Å². The number of amides is 1. The zero-order valence-electron chi connectivity index (χ0n) is 20.3. The van der Waals surface area contributed by atoms with Crippen LogP contribution < -0.4 is 5.32 Å². The fraction of sp³-hybridized carbons (Fsp3) is 0.333. The number of aromatic amines is 1. The molecule has 0 bridgehead atoms. The molecule has 0 aromatic carbocycles. The number of hydrogen-bond acceptors (Lipinski definition) is 7. The highest BCUT2D eigenvalue weighted by molar-refractivity contribution is 7.15. The molecule has 0 spiro atoms. The average molecular weight is 490 g/mol. The molecule has 35 heavy (non-hydrogen) atoms. The summed E-state index contributed by atoms with van der Waals surface area (Å²) < 4.78 is 3.73. The van der Waals surface area contributed by atoms with Crippen LogP contribution in [0.5, 0.6) is 0 Å². The maximum Gasteiger partial charge on any atom is 0.253 e. The second-order valence-electron chi connectivity index (χ2n) is 9.45. The Bertz CT molecular complexity index is 1490. The van der Waals surface area contributed by atoms with Crippen molar-refractivity contribution >= 4 is 22.9 Å². The zero-order valence-corrected chi connectivity index (χ0v) is 21.1. The summed E-state index contributed by atoms with van der Waals surface area (Å²) in [7, 11) is 0. The van der Waals surface area contributed by atoms with Crippen LogP contribution in [0.25, 0.3) is 21.9 Å². The second-order valence-corrected chi connectivity index (χ2v) is 10.7. The van der Waals surface area contributed by atoms with Crippen LogP contribution in [0.2, 0.25) is 0 Å². The maximum atomic E-state index is 13.5. The lowest BCUT2D eigenvalue weighted by Gasteiger charge is -2.20. The van der Waals surface area contributed by atoms with Crippen molar-refractivity contribution in [1.29, 1.82) is 0 Å². The van der Waals surface area contributed by atoms with Crippen LogP contribution in [-0.4, -0.2) is 45.5 Å². The Morgan fingerprint density at radius 1 is 1.23 bits per heavy atom. The van der Waals surface area contributed by atoms with Gasteiger partial charge in [-0.2, -0.15) is 0 Å². The number of carbonyl (C=O) groups excluding carboxylic acids is 1. The highest BCUT2D eigenvalue weighted by atomic mass is 32.1. The molecule has 0 saturated carbocycles. The van der Waals surface area contributed by atoms with Crippen LogP contribution in [0.3, 0.4) is 0 Å². The predicted octanol–water partition coefficient (Wildman–Crippen LogP) is 4.25. The lowest BCUT2D eigenvalue weighted by Crippen LogP contribution is -2.29. The molecule has 0 saturated heterocycles. The van der Waals surface area contributed by atoms with Crippen molar-refractivity contribution in [2.45, 2.75) is 52.5 Å². The molecule has 1 amide bonds. The van der Waals surface area contributed by atoms with Gasteiger partial charge in [0.25, 0.3) is 5.91 Å². The molecule has 10 nitrogen and oxygen atoms in total. The Balaban J connectivity index is 1.67. The van der Waals surface area contributed by atoms with Gasteiger partial charge in [-0.1, -0.05) is 32.9 Å². The van der Waals surface area contributed by atoms with Crippen LogP contribution in [0.1, 0.15) is 66.9 Å². The Morgan fingerprint density at radius 3 is 2.71 bits per heavy atom. The monoisotopic (exact) mass is 489 g/mol. The van der Waals surface area contributed by atoms with Crippen molar-refractivity contribution in [2.24, 2.45) is 0 Å². The third kappa shape index (κ3) is 4.23. The minimum Gasteiger partial charge on any atom is -0.342 e. The lowest BCUT2D eigenvalue weighted by molar-refractivity contribution is 0.0933. The first kappa shape index (κ1) is 22.9. The van der Waals surface area contributed by atoms with E-state index < -0.39 is 0 Å². The van der Waals surface area contributed by atoms with Crippen molar-refractivity contribution in [1.82, 2.24) is 44.9 Å². The zero-order chi connectivity index (χ0) is 24.7. The first-order valence-electron chi connectivity index (χ1n) is 11.4. The molecule has 5 aromatic heterocycles. The van der Waals surface area contributed by atoms with E-state index in [2.05, 4.69) is 70.6 Å². The number of carbonyl (C=O) groups is 1. The fourth-order valence-electron chi connectivity index (χ4n) is 4.02. The first-order chi connectivity index (χ1) is 16.8. The van der Waals surface area contributed by atoms with Gasteiger partial charge in [0.2, 0.25) is 0 Å². The Kier molecular flexibility index (Phi) is 5.72. The van der Waals surface area contributed by atoms with Crippen molar-refractivity contribution in [2.75, 3.05) is 0 Å². The largest absolute Gasteiger partial charge is 0.342 e. The second kappa shape index (κ2) is 8.73. The van der Waals surface area contributed by atoms with Crippen LogP contribution in [0.4, 0.5) is 0 Å². The summed E-state index contributed by atoms with van der Waals surface area (Å²) in [6, 6.07) is 5.68. The fourth-order valence-corrected chi connectivity index (χ4v) is 4.89. The minimum atomic E-state index is -0.289. The molecule has 180 valence electrons. The summed E-state index contributed by atoms with van der Waals surface area (Å²) in [5.74, 6) is 0.390. The Morgan fingerprint density at radius 2 is 2.06 bits per heavy atom. The number of aryl methyl sites for hydroxylation is 1. The average Bonchev–Trinajstić information content (AvgIpc) is 3.62. The van der Waals surface area contributed by atoms with Gasteiger partial charge in [0.1, 0.15) is 12.0 Å². The lowest BCUT2D eigenvalue weighted by atomic mass is 9.92. The molecule has 0 aliphatic rings. The number of nitrogens with one attached hydrogen (secondary N) is 2. The van der Waals surface area contributed by atoms with Crippen molar-refractivity contribution in [3.05, 3.63) is 65.1 Å². The summed E-state index contributed by atoms with van der Waals surface area (Å²) in [6.45, 7) is 10.4. The SMILES string of the molecule is CC[C@H](NC(=O)c1cc(-n2nncc2C(C)(C)C)c2ncc(-c3ccc(C)s3)n2c1)c1nnc[nH]1. The number of fused-ring (bicyclic) bond motifs is 1. The summed E-state index contributed by atoms with van der Waals surface area (Å²) in [5.41, 5.74) is 3.48. The smallest absolute Gasteiger partial charge is 0.253 e. The van der Waals surface area contributed by atoms with Crippen LogP contribution in [0, 0.1) is 6.92 Å². The highest BCUT2D eigenvalue weighted by Crippen LogP contribution is 2.32. The highest BCUT2D eigenvalue weighted by Gasteiger charge is 2.25. The third-order valence-corrected chi connectivity index (χ3v) is 6.89. The van der Waals surface area contributed by atoms with Crippen molar-refractivity contribution in [3.8, 4) is 16.3 Å². The molecule has 2 N–H and O–H groups in total. The van der Waals surface area contributed by atoms with Gasteiger partial charge in [-0.05, 0) is 31.5 Å². The van der Waals surface area contributed by atoms with E-state index in [9.17, 15) is 4.79 Å². The molecular formula is C24H27N9OS. The molecule has 5 rings (SSSR count). The molecule has 5 aromatic rings. The molecule has 5 heterocycles. The van der Waals surface area contributed by atoms with Gasteiger partial charge in [-0.15, -0.1) is 26.6 Å². The standard InChI is InChI=1S/C24H27N9OS/c1-6-16(21-26-13-28-30-21)29-23(34)15-9-17(33-20(11-27-31-33)24(3,4)5)22-25-10-18(32(22)12-15)19-8-7-14(2)35-19/h7-13,16H,6H2,1-5H3,(H,29,34)(H,26,28,30)/t16-/m0/s1. The van der Waals surface area contributed by atoms with Crippen LogP contribution in [-0.2, 0) is 5.41 Å². The minimum absolute atomic E-state index is 0.210. The molecule has 0 fully saturated rings. The Hall–Kier alpha value is -3.86.